The Morgan fingerprint density at radius 2 is 1.58 bits per heavy atom. The SMILES string of the molecule is COc1ccccc1/C=C\C1=NN(c2ccc(Cl)c(Cl)c2)[C@H](c2ccccc2OC)C1. The number of allylic oxidation sites excluding steroid dienone is 1. The first-order chi connectivity index (χ1) is 15.1. The number of methoxy groups -OCH3 is 2. The van der Waals surface area contributed by atoms with Crippen LogP contribution in [0.25, 0.3) is 6.08 Å². The molecule has 1 aliphatic rings. The van der Waals surface area contributed by atoms with Crippen LogP contribution in [-0.2, 0) is 0 Å². The second kappa shape index (κ2) is 9.46. The Morgan fingerprint density at radius 1 is 0.871 bits per heavy atom. The first kappa shape index (κ1) is 21.3. The summed E-state index contributed by atoms with van der Waals surface area (Å²) in [5.74, 6) is 1.64. The summed E-state index contributed by atoms with van der Waals surface area (Å²) in [6.45, 7) is 0. The van der Waals surface area contributed by atoms with Crippen LogP contribution in [0.4, 0.5) is 5.69 Å². The summed E-state index contributed by atoms with van der Waals surface area (Å²) in [7, 11) is 3.35. The zero-order valence-corrected chi connectivity index (χ0v) is 18.8. The molecule has 1 atom stereocenters. The van der Waals surface area contributed by atoms with Crippen molar-refractivity contribution in [2.75, 3.05) is 19.2 Å². The molecule has 158 valence electrons. The molecular formula is C25H22Cl2N2O2. The van der Waals surface area contributed by atoms with E-state index in [9.17, 15) is 0 Å². The van der Waals surface area contributed by atoms with Crippen molar-refractivity contribution in [2.45, 2.75) is 12.5 Å². The summed E-state index contributed by atoms with van der Waals surface area (Å²) in [4.78, 5) is 0. The van der Waals surface area contributed by atoms with Crippen LogP contribution in [0.3, 0.4) is 0 Å². The molecule has 4 rings (SSSR count). The fraction of sp³-hybridized carbons (Fsp3) is 0.160. The summed E-state index contributed by atoms with van der Waals surface area (Å²) >= 11 is 12.4. The van der Waals surface area contributed by atoms with Gasteiger partial charge < -0.3 is 9.47 Å². The van der Waals surface area contributed by atoms with Gasteiger partial charge in [0.05, 0.1) is 41.7 Å². The van der Waals surface area contributed by atoms with Crippen LogP contribution >= 0.6 is 23.2 Å². The highest BCUT2D eigenvalue weighted by molar-refractivity contribution is 6.42. The average Bonchev–Trinajstić information content (AvgIpc) is 3.23. The maximum atomic E-state index is 6.30. The van der Waals surface area contributed by atoms with E-state index < -0.39 is 0 Å². The molecule has 0 saturated carbocycles. The summed E-state index contributed by atoms with van der Waals surface area (Å²) < 4.78 is 11.1. The minimum atomic E-state index is -0.0364. The zero-order chi connectivity index (χ0) is 21.8. The summed E-state index contributed by atoms with van der Waals surface area (Å²) in [5.41, 5.74) is 3.86. The molecule has 0 fully saturated rings. The third-order valence-electron chi connectivity index (χ3n) is 5.19. The Bertz CT molecular complexity index is 1140. The van der Waals surface area contributed by atoms with Crippen molar-refractivity contribution < 1.29 is 9.47 Å². The Hall–Kier alpha value is -2.95. The quantitative estimate of drug-likeness (QED) is 0.402. The molecule has 1 aliphatic heterocycles. The molecule has 0 aliphatic carbocycles. The van der Waals surface area contributed by atoms with E-state index in [1.54, 1.807) is 20.3 Å². The maximum Gasteiger partial charge on any atom is 0.126 e. The maximum absolute atomic E-state index is 6.30. The van der Waals surface area contributed by atoms with Gasteiger partial charge in [-0.1, -0.05) is 59.6 Å². The molecule has 31 heavy (non-hydrogen) atoms. The van der Waals surface area contributed by atoms with Gasteiger partial charge in [0.2, 0.25) is 0 Å². The molecule has 0 N–H and O–H groups in total. The van der Waals surface area contributed by atoms with Gasteiger partial charge in [0, 0.05) is 17.5 Å². The molecule has 3 aromatic carbocycles. The van der Waals surface area contributed by atoms with Gasteiger partial charge in [-0.05, 0) is 42.5 Å². The van der Waals surface area contributed by atoms with Crippen molar-refractivity contribution in [2.24, 2.45) is 5.10 Å². The Balaban J connectivity index is 1.72. The number of nitrogens with zero attached hydrogens (tertiary/aromatic N) is 2. The number of anilines is 1. The van der Waals surface area contributed by atoms with Crippen molar-refractivity contribution in [1.29, 1.82) is 0 Å². The predicted molar refractivity (Wildman–Crippen MR) is 129 cm³/mol. The zero-order valence-electron chi connectivity index (χ0n) is 17.3. The van der Waals surface area contributed by atoms with Gasteiger partial charge in [0.15, 0.2) is 0 Å². The second-order valence-corrected chi connectivity index (χ2v) is 7.89. The highest BCUT2D eigenvalue weighted by Gasteiger charge is 2.30. The lowest BCUT2D eigenvalue weighted by atomic mass is 9.99. The molecular weight excluding hydrogens is 431 g/mol. The monoisotopic (exact) mass is 452 g/mol. The van der Waals surface area contributed by atoms with Crippen molar-refractivity contribution >= 4 is 40.7 Å². The van der Waals surface area contributed by atoms with E-state index in [0.717, 1.165) is 34.0 Å². The van der Waals surface area contributed by atoms with Crippen LogP contribution in [0.15, 0.2) is 77.9 Å². The number of hydrogen-bond acceptors (Lipinski definition) is 4. The molecule has 0 amide bonds. The van der Waals surface area contributed by atoms with Crippen molar-refractivity contribution in [3.8, 4) is 11.5 Å². The number of rotatable bonds is 6. The average molecular weight is 453 g/mol. The first-order valence-electron chi connectivity index (χ1n) is 9.86. The number of para-hydroxylation sites is 2. The van der Waals surface area contributed by atoms with Crippen LogP contribution < -0.4 is 14.5 Å². The molecule has 1 heterocycles. The number of hydrazone groups is 1. The standard InChI is InChI=1S/C25H22Cl2N2O2/c1-30-24-9-5-3-7-17(24)11-12-18-15-23(20-8-4-6-10-25(20)31-2)29(28-18)19-13-14-21(26)22(27)16-19/h3-14,16,23H,15H2,1-2H3/b12-11-/t23-/m0/s1. The largest absolute Gasteiger partial charge is 0.496 e. The van der Waals surface area contributed by atoms with Gasteiger partial charge >= 0.3 is 0 Å². The number of hydrogen-bond donors (Lipinski definition) is 0. The van der Waals surface area contributed by atoms with Gasteiger partial charge in [-0.3, -0.25) is 5.01 Å². The molecule has 3 aromatic rings. The molecule has 4 nitrogen and oxygen atoms in total. The normalized spacial score (nSPS) is 15.9. The summed E-state index contributed by atoms with van der Waals surface area (Å²) in [6.07, 6.45) is 4.76. The number of ether oxygens (including phenoxy) is 2. The fourth-order valence-electron chi connectivity index (χ4n) is 3.67. The minimum Gasteiger partial charge on any atom is -0.496 e. The highest BCUT2D eigenvalue weighted by atomic mass is 35.5. The third kappa shape index (κ3) is 4.55. The van der Waals surface area contributed by atoms with Crippen LogP contribution in [0.1, 0.15) is 23.6 Å². The predicted octanol–water partition coefficient (Wildman–Crippen LogP) is 7.03. The molecule has 0 aromatic heterocycles. The van der Waals surface area contributed by atoms with Crippen molar-refractivity contribution in [1.82, 2.24) is 0 Å². The fourth-order valence-corrected chi connectivity index (χ4v) is 3.97. The molecule has 0 spiro atoms. The number of halogens is 2. The summed E-state index contributed by atoms with van der Waals surface area (Å²) in [6, 6.07) is 21.4. The molecule has 0 bridgehead atoms. The van der Waals surface area contributed by atoms with Gasteiger partial charge in [0.25, 0.3) is 0 Å². The van der Waals surface area contributed by atoms with E-state index in [1.807, 2.05) is 71.8 Å². The topological polar surface area (TPSA) is 34.1 Å². The van der Waals surface area contributed by atoms with E-state index >= 15 is 0 Å². The van der Waals surface area contributed by atoms with Gasteiger partial charge in [-0.25, -0.2) is 0 Å². The minimum absolute atomic E-state index is 0.0364. The Kier molecular flexibility index (Phi) is 6.50. The lowest BCUT2D eigenvalue weighted by Gasteiger charge is -2.25. The Labute approximate surface area is 192 Å². The van der Waals surface area contributed by atoms with E-state index in [-0.39, 0.29) is 6.04 Å². The van der Waals surface area contributed by atoms with Gasteiger partial charge in [-0.15, -0.1) is 0 Å². The van der Waals surface area contributed by atoms with E-state index in [2.05, 4.69) is 6.07 Å². The molecule has 0 unspecified atom stereocenters. The first-order valence-corrected chi connectivity index (χ1v) is 10.6. The molecule has 0 radical (unpaired) electrons. The lowest BCUT2D eigenvalue weighted by molar-refractivity contribution is 0.405. The van der Waals surface area contributed by atoms with Crippen LogP contribution in [0.5, 0.6) is 11.5 Å². The Morgan fingerprint density at radius 3 is 2.32 bits per heavy atom. The van der Waals surface area contributed by atoms with E-state index in [0.29, 0.717) is 16.5 Å². The third-order valence-corrected chi connectivity index (χ3v) is 5.93. The lowest BCUT2D eigenvalue weighted by Crippen LogP contribution is -2.19. The van der Waals surface area contributed by atoms with Crippen LogP contribution in [0, 0.1) is 0 Å². The van der Waals surface area contributed by atoms with Crippen LogP contribution in [-0.4, -0.2) is 19.9 Å². The van der Waals surface area contributed by atoms with Crippen molar-refractivity contribution in [3.05, 3.63) is 94.0 Å². The highest BCUT2D eigenvalue weighted by Crippen LogP contribution is 2.40. The van der Waals surface area contributed by atoms with Gasteiger partial charge in [-0.2, -0.15) is 5.10 Å². The molecule has 6 heteroatoms. The summed E-state index contributed by atoms with van der Waals surface area (Å²) in [5, 5.41) is 7.88. The smallest absolute Gasteiger partial charge is 0.126 e. The van der Waals surface area contributed by atoms with Crippen molar-refractivity contribution in [3.63, 3.8) is 0 Å². The second-order valence-electron chi connectivity index (χ2n) is 7.07. The number of benzene rings is 3. The van der Waals surface area contributed by atoms with E-state index in [1.165, 1.54) is 0 Å². The van der Waals surface area contributed by atoms with Crippen LogP contribution in [0.2, 0.25) is 10.0 Å². The van der Waals surface area contributed by atoms with E-state index in [4.69, 9.17) is 37.8 Å². The molecule has 0 saturated heterocycles. The van der Waals surface area contributed by atoms with Gasteiger partial charge in [0.1, 0.15) is 11.5 Å².